The first-order valence-corrected chi connectivity index (χ1v) is 6.56. The number of aryl methyl sites for hydroxylation is 1. The Kier molecular flexibility index (Phi) is 5.65. The van der Waals surface area contributed by atoms with E-state index in [1.54, 1.807) is 0 Å². The minimum absolute atomic E-state index is 0.0209. The van der Waals surface area contributed by atoms with E-state index in [0.717, 1.165) is 16.5 Å². The Morgan fingerprint density at radius 1 is 1.53 bits per heavy atom. The fourth-order valence-corrected chi connectivity index (χ4v) is 1.98. The van der Waals surface area contributed by atoms with Gasteiger partial charge in [-0.05, 0) is 43.1 Å². The molecule has 1 amide bonds. The number of halogens is 1. The van der Waals surface area contributed by atoms with Gasteiger partial charge in [0.25, 0.3) is 0 Å². The molecule has 1 atom stereocenters. The molecule has 1 rings (SSSR count). The van der Waals surface area contributed by atoms with E-state index in [1.165, 1.54) is 5.56 Å². The first kappa shape index (κ1) is 14.2. The molecule has 1 aromatic rings. The van der Waals surface area contributed by atoms with E-state index in [1.807, 2.05) is 32.0 Å². The van der Waals surface area contributed by atoms with Gasteiger partial charge in [-0.25, -0.2) is 0 Å². The number of benzene rings is 1. The van der Waals surface area contributed by atoms with E-state index < -0.39 is 0 Å². The molecule has 1 aromatic carbocycles. The molecule has 3 nitrogen and oxygen atoms in total. The van der Waals surface area contributed by atoms with Crippen LogP contribution in [0.25, 0.3) is 0 Å². The van der Waals surface area contributed by atoms with Gasteiger partial charge in [-0.15, -0.1) is 0 Å². The number of nitrogens with one attached hydrogen (secondary N) is 1. The van der Waals surface area contributed by atoms with Crippen LogP contribution in [0.1, 0.15) is 24.5 Å². The summed E-state index contributed by atoms with van der Waals surface area (Å²) in [5, 5.41) is 2.94. The molecule has 0 radical (unpaired) electrons. The Hall–Kier alpha value is -0.870. The molecule has 1 unspecified atom stereocenters. The monoisotopic (exact) mass is 298 g/mol. The summed E-state index contributed by atoms with van der Waals surface area (Å²) in [7, 11) is 0. The minimum Gasteiger partial charge on any atom is -0.352 e. The molecule has 17 heavy (non-hydrogen) atoms. The van der Waals surface area contributed by atoms with Crippen LogP contribution < -0.4 is 11.1 Å². The summed E-state index contributed by atoms with van der Waals surface area (Å²) in [4.78, 5) is 11.7. The molecule has 0 fully saturated rings. The molecule has 0 aliphatic heterocycles. The van der Waals surface area contributed by atoms with E-state index in [9.17, 15) is 4.79 Å². The molecular weight excluding hydrogens is 280 g/mol. The topological polar surface area (TPSA) is 55.1 Å². The van der Waals surface area contributed by atoms with Gasteiger partial charge in [-0.2, -0.15) is 0 Å². The van der Waals surface area contributed by atoms with Gasteiger partial charge in [0.2, 0.25) is 5.91 Å². The third-order valence-corrected chi connectivity index (χ3v) is 3.30. The highest BCUT2D eigenvalue weighted by Gasteiger charge is 2.11. The number of hydrogen-bond donors (Lipinski definition) is 2. The maximum Gasteiger partial charge on any atom is 0.223 e. The van der Waals surface area contributed by atoms with Gasteiger partial charge in [0.15, 0.2) is 0 Å². The highest BCUT2D eigenvalue weighted by molar-refractivity contribution is 9.10. The number of carbonyl (C=O) groups excluding carboxylic acids is 1. The minimum atomic E-state index is -0.0209. The molecular formula is C13H19BrN2O. The summed E-state index contributed by atoms with van der Waals surface area (Å²) in [6.45, 7) is 5.05. The summed E-state index contributed by atoms with van der Waals surface area (Å²) in [5.41, 5.74) is 7.74. The van der Waals surface area contributed by atoms with Gasteiger partial charge < -0.3 is 11.1 Å². The number of carbonyl (C=O) groups is 1. The maximum absolute atomic E-state index is 11.7. The van der Waals surface area contributed by atoms with Crippen molar-refractivity contribution in [3.8, 4) is 0 Å². The molecule has 3 N–H and O–H groups in total. The lowest BCUT2D eigenvalue weighted by molar-refractivity contribution is -0.124. The standard InChI is InChI=1S/C13H19BrN2O/c1-9-3-4-12(14)7-11(9)8-16-13(17)10(2)5-6-15/h3-4,7,10H,5-6,8,15H2,1-2H3,(H,16,17). The Morgan fingerprint density at radius 3 is 2.88 bits per heavy atom. The molecule has 0 bridgehead atoms. The molecule has 4 heteroatoms. The molecule has 0 aliphatic rings. The molecule has 94 valence electrons. The molecule has 0 aliphatic carbocycles. The van der Waals surface area contributed by atoms with Crippen LogP contribution >= 0.6 is 15.9 Å². The van der Waals surface area contributed by atoms with Crippen LogP contribution in [0.4, 0.5) is 0 Å². The third kappa shape index (κ3) is 4.48. The van der Waals surface area contributed by atoms with Gasteiger partial charge in [0.05, 0.1) is 0 Å². The lowest BCUT2D eigenvalue weighted by Crippen LogP contribution is -2.30. The van der Waals surface area contributed by atoms with Gasteiger partial charge in [-0.3, -0.25) is 4.79 Å². The van der Waals surface area contributed by atoms with Crippen molar-refractivity contribution in [1.29, 1.82) is 0 Å². The van der Waals surface area contributed by atoms with Crippen molar-refractivity contribution >= 4 is 21.8 Å². The fraction of sp³-hybridized carbons (Fsp3) is 0.462. The van der Waals surface area contributed by atoms with Crippen molar-refractivity contribution in [1.82, 2.24) is 5.32 Å². The SMILES string of the molecule is Cc1ccc(Br)cc1CNC(=O)C(C)CCN. The van der Waals surface area contributed by atoms with E-state index in [2.05, 4.69) is 21.2 Å². The average Bonchev–Trinajstić information content (AvgIpc) is 2.30. The fourth-order valence-electron chi connectivity index (χ4n) is 1.57. The highest BCUT2D eigenvalue weighted by Crippen LogP contribution is 2.16. The summed E-state index contributed by atoms with van der Waals surface area (Å²) in [6.07, 6.45) is 0.725. The predicted octanol–water partition coefficient (Wildman–Crippen LogP) is 2.36. The summed E-state index contributed by atoms with van der Waals surface area (Å²) in [5.74, 6) is 0.0438. The third-order valence-electron chi connectivity index (χ3n) is 2.81. The number of rotatable bonds is 5. The second-order valence-corrected chi connectivity index (χ2v) is 5.18. The quantitative estimate of drug-likeness (QED) is 0.877. The van der Waals surface area contributed by atoms with Crippen LogP contribution in [0.15, 0.2) is 22.7 Å². The molecule has 0 spiro atoms. The first-order chi connectivity index (χ1) is 8.04. The average molecular weight is 299 g/mol. The van der Waals surface area contributed by atoms with Crippen molar-refractivity contribution in [3.05, 3.63) is 33.8 Å². The van der Waals surface area contributed by atoms with E-state index >= 15 is 0 Å². The first-order valence-electron chi connectivity index (χ1n) is 5.77. The van der Waals surface area contributed by atoms with Crippen molar-refractivity contribution in [2.45, 2.75) is 26.8 Å². The summed E-state index contributed by atoms with van der Waals surface area (Å²) in [6, 6.07) is 6.07. The van der Waals surface area contributed by atoms with Crippen LogP contribution in [-0.4, -0.2) is 12.5 Å². The van der Waals surface area contributed by atoms with E-state index in [4.69, 9.17) is 5.73 Å². The number of nitrogens with two attached hydrogens (primary N) is 1. The van der Waals surface area contributed by atoms with Crippen molar-refractivity contribution in [2.24, 2.45) is 11.7 Å². The highest BCUT2D eigenvalue weighted by atomic mass is 79.9. The van der Waals surface area contributed by atoms with E-state index in [-0.39, 0.29) is 11.8 Å². The largest absolute Gasteiger partial charge is 0.352 e. The van der Waals surface area contributed by atoms with E-state index in [0.29, 0.717) is 13.1 Å². The Balaban J connectivity index is 2.55. The van der Waals surface area contributed by atoms with Gasteiger partial charge in [-0.1, -0.05) is 28.9 Å². The second-order valence-electron chi connectivity index (χ2n) is 4.27. The normalized spacial score (nSPS) is 12.2. The Morgan fingerprint density at radius 2 is 2.24 bits per heavy atom. The molecule has 0 saturated carbocycles. The van der Waals surface area contributed by atoms with Crippen LogP contribution in [0, 0.1) is 12.8 Å². The Bertz CT molecular complexity index is 393. The second kappa shape index (κ2) is 6.77. The number of hydrogen-bond acceptors (Lipinski definition) is 2. The van der Waals surface area contributed by atoms with Gasteiger partial charge >= 0.3 is 0 Å². The molecule has 0 heterocycles. The Labute approximate surface area is 111 Å². The van der Waals surface area contributed by atoms with Crippen LogP contribution in [0.2, 0.25) is 0 Å². The zero-order chi connectivity index (χ0) is 12.8. The van der Waals surface area contributed by atoms with Crippen molar-refractivity contribution < 1.29 is 4.79 Å². The van der Waals surface area contributed by atoms with Crippen LogP contribution in [-0.2, 0) is 11.3 Å². The molecule has 0 saturated heterocycles. The predicted molar refractivity (Wildman–Crippen MR) is 73.6 cm³/mol. The lowest BCUT2D eigenvalue weighted by Gasteiger charge is -2.12. The smallest absolute Gasteiger partial charge is 0.223 e. The zero-order valence-corrected chi connectivity index (χ0v) is 11.9. The van der Waals surface area contributed by atoms with Crippen molar-refractivity contribution in [2.75, 3.05) is 6.54 Å². The number of amides is 1. The summed E-state index contributed by atoms with van der Waals surface area (Å²) >= 11 is 3.43. The van der Waals surface area contributed by atoms with Gasteiger partial charge in [0, 0.05) is 16.9 Å². The lowest BCUT2D eigenvalue weighted by atomic mass is 10.1. The maximum atomic E-state index is 11.7. The van der Waals surface area contributed by atoms with Gasteiger partial charge in [0.1, 0.15) is 0 Å². The molecule has 0 aromatic heterocycles. The zero-order valence-electron chi connectivity index (χ0n) is 10.3. The van der Waals surface area contributed by atoms with Crippen LogP contribution in [0.5, 0.6) is 0 Å². The summed E-state index contributed by atoms with van der Waals surface area (Å²) < 4.78 is 1.03. The van der Waals surface area contributed by atoms with Crippen LogP contribution in [0.3, 0.4) is 0 Å². The van der Waals surface area contributed by atoms with Crippen molar-refractivity contribution in [3.63, 3.8) is 0 Å².